The van der Waals surface area contributed by atoms with Crippen LogP contribution in [0.3, 0.4) is 0 Å². The zero-order valence-corrected chi connectivity index (χ0v) is 8.13. The first-order chi connectivity index (χ1) is 5.65. The molecule has 0 unspecified atom stereocenters. The summed E-state index contributed by atoms with van der Waals surface area (Å²) in [6.07, 6.45) is 0. The fraction of sp³-hybridized carbons (Fsp3) is 0.889. The van der Waals surface area contributed by atoms with E-state index in [0.29, 0.717) is 11.8 Å². The minimum Gasteiger partial charge on any atom is -0.342 e. The van der Waals surface area contributed by atoms with Gasteiger partial charge >= 0.3 is 0 Å². The Balaban J connectivity index is 2.20. The molecule has 3 heteroatoms. The van der Waals surface area contributed by atoms with E-state index >= 15 is 0 Å². The number of rotatable bonds is 3. The normalized spacial score (nSPS) is 18.2. The van der Waals surface area contributed by atoms with Gasteiger partial charge < -0.3 is 10.2 Å². The predicted octanol–water partition coefficient (Wildman–Crippen LogP) is 0.320. The van der Waals surface area contributed by atoms with Crippen molar-refractivity contribution in [2.24, 2.45) is 11.8 Å². The lowest BCUT2D eigenvalue weighted by molar-refractivity contribution is -0.140. The number of hydrogen-bond donors (Lipinski definition) is 1. The quantitative estimate of drug-likeness (QED) is 0.661. The Morgan fingerprint density at radius 1 is 1.58 bits per heavy atom. The van der Waals surface area contributed by atoms with Crippen molar-refractivity contribution in [3.05, 3.63) is 0 Å². The van der Waals surface area contributed by atoms with Crippen molar-refractivity contribution in [3.63, 3.8) is 0 Å². The highest BCUT2D eigenvalue weighted by atomic mass is 16.2. The molecule has 0 bridgehead atoms. The second-order valence-corrected chi connectivity index (χ2v) is 3.82. The van der Waals surface area contributed by atoms with Gasteiger partial charge in [-0.15, -0.1) is 0 Å². The van der Waals surface area contributed by atoms with E-state index in [1.165, 1.54) is 0 Å². The van der Waals surface area contributed by atoms with Gasteiger partial charge in [-0.1, -0.05) is 13.8 Å². The van der Waals surface area contributed by atoms with Crippen LogP contribution in [-0.2, 0) is 4.79 Å². The van der Waals surface area contributed by atoms with Crippen LogP contribution in [0.25, 0.3) is 0 Å². The molecule has 1 aliphatic heterocycles. The average Bonchev–Trinajstić information content (AvgIpc) is 1.94. The maximum absolute atomic E-state index is 11.4. The molecule has 3 nitrogen and oxygen atoms in total. The van der Waals surface area contributed by atoms with E-state index < -0.39 is 0 Å². The summed E-state index contributed by atoms with van der Waals surface area (Å²) in [7, 11) is 1.95. The largest absolute Gasteiger partial charge is 0.342 e. The maximum atomic E-state index is 11.4. The lowest BCUT2D eigenvalue weighted by Gasteiger charge is -2.40. The summed E-state index contributed by atoms with van der Waals surface area (Å²) in [6, 6.07) is 0. The van der Waals surface area contributed by atoms with Crippen molar-refractivity contribution in [2.45, 2.75) is 13.8 Å². The number of nitrogens with one attached hydrogen (secondary N) is 1. The van der Waals surface area contributed by atoms with Gasteiger partial charge in [0.15, 0.2) is 0 Å². The van der Waals surface area contributed by atoms with Crippen molar-refractivity contribution in [1.82, 2.24) is 10.2 Å². The third-order valence-corrected chi connectivity index (χ3v) is 2.26. The van der Waals surface area contributed by atoms with Gasteiger partial charge in [-0.3, -0.25) is 4.79 Å². The molecule has 1 aliphatic rings. The molecule has 0 radical (unpaired) electrons. The van der Waals surface area contributed by atoms with E-state index in [4.69, 9.17) is 0 Å². The summed E-state index contributed by atoms with van der Waals surface area (Å²) in [5.74, 6) is 1.13. The average molecular weight is 170 g/mol. The molecule has 1 amide bonds. The fourth-order valence-corrected chi connectivity index (χ4v) is 1.53. The van der Waals surface area contributed by atoms with Crippen LogP contribution in [0.4, 0.5) is 0 Å². The molecule has 1 saturated heterocycles. The second-order valence-electron chi connectivity index (χ2n) is 3.82. The van der Waals surface area contributed by atoms with Crippen LogP contribution < -0.4 is 5.32 Å². The molecule has 1 heterocycles. The molecule has 0 aromatic heterocycles. The van der Waals surface area contributed by atoms with Gasteiger partial charge in [-0.25, -0.2) is 0 Å². The van der Waals surface area contributed by atoms with E-state index in [1.54, 1.807) is 0 Å². The van der Waals surface area contributed by atoms with Crippen molar-refractivity contribution < 1.29 is 4.79 Å². The molecule has 0 aromatic rings. The van der Waals surface area contributed by atoms with Gasteiger partial charge in [-0.2, -0.15) is 0 Å². The molecule has 0 spiro atoms. The first-order valence-corrected chi connectivity index (χ1v) is 4.58. The molecule has 1 N–H and O–H groups in total. The van der Waals surface area contributed by atoms with Crippen molar-refractivity contribution in [3.8, 4) is 0 Å². The molecular weight excluding hydrogens is 152 g/mol. The van der Waals surface area contributed by atoms with Crippen LogP contribution in [0.5, 0.6) is 0 Å². The molecule has 70 valence electrons. The molecule has 1 fully saturated rings. The minimum absolute atomic E-state index is 0.153. The van der Waals surface area contributed by atoms with E-state index in [9.17, 15) is 4.79 Å². The third-order valence-electron chi connectivity index (χ3n) is 2.26. The molecule has 0 saturated carbocycles. The summed E-state index contributed by atoms with van der Waals surface area (Å²) >= 11 is 0. The molecule has 0 atom stereocenters. The summed E-state index contributed by atoms with van der Waals surface area (Å²) < 4.78 is 0. The highest BCUT2D eigenvalue weighted by Gasteiger charge is 2.30. The number of hydrogen-bond acceptors (Lipinski definition) is 2. The number of nitrogens with zero attached hydrogens (tertiary/aromatic N) is 1. The standard InChI is InChI=1S/C9H18N2O/c1-7(2)9(12)11-5-8(6-11)4-10-3/h7-8,10H,4-6H2,1-3H3. The highest BCUT2D eigenvalue weighted by Crippen LogP contribution is 2.16. The first-order valence-electron chi connectivity index (χ1n) is 4.58. The Morgan fingerprint density at radius 3 is 2.58 bits per heavy atom. The number of amides is 1. The molecular formula is C9H18N2O. The van der Waals surface area contributed by atoms with E-state index in [0.717, 1.165) is 19.6 Å². The summed E-state index contributed by atoms with van der Waals surface area (Å²) in [5.41, 5.74) is 0. The van der Waals surface area contributed by atoms with Gasteiger partial charge in [0.1, 0.15) is 0 Å². The predicted molar refractivity (Wildman–Crippen MR) is 48.8 cm³/mol. The molecule has 0 aliphatic carbocycles. The van der Waals surface area contributed by atoms with Crippen molar-refractivity contribution >= 4 is 5.91 Å². The Bertz CT molecular complexity index is 162. The minimum atomic E-state index is 0.153. The topological polar surface area (TPSA) is 32.3 Å². The molecule has 0 aromatic carbocycles. The van der Waals surface area contributed by atoms with Gasteiger partial charge in [0.05, 0.1) is 0 Å². The highest BCUT2D eigenvalue weighted by molar-refractivity contribution is 5.78. The molecule has 1 rings (SSSR count). The fourth-order valence-electron chi connectivity index (χ4n) is 1.53. The number of carbonyl (C=O) groups excluding carboxylic acids is 1. The van der Waals surface area contributed by atoms with Gasteiger partial charge in [0.2, 0.25) is 5.91 Å². The van der Waals surface area contributed by atoms with E-state index in [-0.39, 0.29) is 5.92 Å². The maximum Gasteiger partial charge on any atom is 0.225 e. The number of likely N-dealkylation sites (tertiary alicyclic amines) is 1. The zero-order chi connectivity index (χ0) is 9.14. The Kier molecular flexibility index (Phi) is 3.09. The van der Waals surface area contributed by atoms with Crippen LogP contribution in [0, 0.1) is 11.8 Å². The number of carbonyl (C=O) groups is 1. The molecule has 12 heavy (non-hydrogen) atoms. The summed E-state index contributed by atoms with van der Waals surface area (Å²) in [4.78, 5) is 13.3. The summed E-state index contributed by atoms with van der Waals surface area (Å²) in [6.45, 7) is 6.82. The van der Waals surface area contributed by atoms with Crippen LogP contribution in [-0.4, -0.2) is 37.5 Å². The van der Waals surface area contributed by atoms with E-state index in [1.807, 2.05) is 25.8 Å². The van der Waals surface area contributed by atoms with Crippen molar-refractivity contribution in [1.29, 1.82) is 0 Å². The van der Waals surface area contributed by atoms with Gasteiger partial charge in [-0.05, 0) is 7.05 Å². The van der Waals surface area contributed by atoms with E-state index in [2.05, 4.69) is 5.32 Å². The Morgan fingerprint density at radius 2 is 2.17 bits per heavy atom. The van der Waals surface area contributed by atoms with Gasteiger partial charge in [0, 0.05) is 31.5 Å². The van der Waals surface area contributed by atoms with Gasteiger partial charge in [0.25, 0.3) is 0 Å². The lowest BCUT2D eigenvalue weighted by atomic mass is 9.98. The van der Waals surface area contributed by atoms with Crippen LogP contribution in [0.2, 0.25) is 0 Å². The SMILES string of the molecule is CNCC1CN(C(=O)C(C)C)C1. The first kappa shape index (κ1) is 9.52. The van der Waals surface area contributed by atoms with Crippen molar-refractivity contribution in [2.75, 3.05) is 26.7 Å². The lowest BCUT2D eigenvalue weighted by Crippen LogP contribution is -2.54. The summed E-state index contributed by atoms with van der Waals surface area (Å²) in [5, 5.41) is 3.12. The van der Waals surface area contributed by atoms with Crippen LogP contribution in [0.1, 0.15) is 13.8 Å². The third kappa shape index (κ3) is 1.97. The second kappa shape index (κ2) is 3.90. The van der Waals surface area contributed by atoms with Crippen LogP contribution >= 0.6 is 0 Å². The zero-order valence-electron chi connectivity index (χ0n) is 8.13. The van der Waals surface area contributed by atoms with Crippen LogP contribution in [0.15, 0.2) is 0 Å². The Labute approximate surface area is 74.1 Å². The monoisotopic (exact) mass is 170 g/mol. The smallest absolute Gasteiger partial charge is 0.225 e. The Hall–Kier alpha value is -0.570.